The average molecular weight is 488 g/mol. The number of pyridine rings is 2. The van der Waals surface area contributed by atoms with Gasteiger partial charge in [-0.25, -0.2) is 14.1 Å². The summed E-state index contributed by atoms with van der Waals surface area (Å²) >= 11 is 0. The SMILES string of the molecule is CO.O=C(O)CNC(=O)c1ccc(-c2ccc3nnn(Cc4ccc5ncccc5c4)c3n2)cc1F. The van der Waals surface area contributed by atoms with Crippen molar-refractivity contribution in [3.63, 3.8) is 0 Å². The lowest BCUT2D eigenvalue weighted by Crippen LogP contribution is -2.29. The summed E-state index contributed by atoms with van der Waals surface area (Å²) in [6.45, 7) is -0.155. The van der Waals surface area contributed by atoms with E-state index >= 15 is 0 Å². The second-order valence-corrected chi connectivity index (χ2v) is 7.59. The molecule has 0 saturated carbocycles. The van der Waals surface area contributed by atoms with Crippen molar-refractivity contribution in [3.05, 3.63) is 83.8 Å². The number of carbonyl (C=O) groups is 2. The summed E-state index contributed by atoms with van der Waals surface area (Å²) in [5, 5.41) is 27.2. The summed E-state index contributed by atoms with van der Waals surface area (Å²) in [5.74, 6) is -2.80. The molecule has 0 fully saturated rings. The minimum Gasteiger partial charge on any atom is -0.480 e. The smallest absolute Gasteiger partial charge is 0.322 e. The van der Waals surface area contributed by atoms with Crippen molar-refractivity contribution in [2.45, 2.75) is 6.54 Å². The predicted octanol–water partition coefficient (Wildman–Crippen LogP) is 2.65. The molecule has 5 aromatic rings. The van der Waals surface area contributed by atoms with Crippen LogP contribution in [0.1, 0.15) is 15.9 Å². The summed E-state index contributed by atoms with van der Waals surface area (Å²) in [4.78, 5) is 31.6. The monoisotopic (exact) mass is 488 g/mol. The fraction of sp³-hybridized carbons (Fsp3) is 0.120. The summed E-state index contributed by atoms with van der Waals surface area (Å²) in [5.41, 5.74) is 3.72. The molecule has 0 aliphatic heterocycles. The predicted molar refractivity (Wildman–Crippen MR) is 130 cm³/mol. The summed E-state index contributed by atoms with van der Waals surface area (Å²) in [6.07, 6.45) is 1.75. The molecule has 0 bridgehead atoms. The van der Waals surface area contributed by atoms with Crippen LogP contribution in [0, 0.1) is 5.82 Å². The van der Waals surface area contributed by atoms with Gasteiger partial charge in [-0.3, -0.25) is 14.6 Å². The lowest BCUT2D eigenvalue weighted by Gasteiger charge is -2.07. The number of amides is 1. The second kappa shape index (κ2) is 10.7. The number of fused-ring (bicyclic) bond motifs is 2. The van der Waals surface area contributed by atoms with E-state index in [9.17, 15) is 14.0 Å². The highest BCUT2D eigenvalue weighted by molar-refractivity contribution is 5.96. The summed E-state index contributed by atoms with van der Waals surface area (Å²) in [6, 6.07) is 17.3. The van der Waals surface area contributed by atoms with E-state index in [-0.39, 0.29) is 5.56 Å². The van der Waals surface area contributed by atoms with Crippen LogP contribution in [-0.4, -0.2) is 60.7 Å². The number of nitrogens with one attached hydrogen (secondary N) is 1. The standard InChI is InChI=1S/C24H17FN6O3.CH4O/c25-18-11-16(4-5-17(18)24(34)27-12-22(32)33)20-7-8-21-23(28-20)31(30-29-21)13-14-3-6-19-15(10-14)2-1-9-26-19;1-2/h1-11H,12-13H2,(H,27,34)(H,32,33);2H,1H3. The number of aliphatic hydroxyl groups excluding tert-OH is 1. The van der Waals surface area contributed by atoms with E-state index in [1.165, 1.54) is 12.1 Å². The Morgan fingerprint density at radius 2 is 1.83 bits per heavy atom. The fourth-order valence-corrected chi connectivity index (χ4v) is 3.63. The molecule has 182 valence electrons. The van der Waals surface area contributed by atoms with Crippen LogP contribution in [-0.2, 0) is 11.3 Å². The third-order valence-electron chi connectivity index (χ3n) is 5.27. The Balaban J connectivity index is 0.00000148. The van der Waals surface area contributed by atoms with E-state index in [1.807, 2.05) is 30.3 Å². The Kier molecular flexibility index (Phi) is 7.21. The van der Waals surface area contributed by atoms with E-state index < -0.39 is 24.2 Å². The van der Waals surface area contributed by atoms with Crippen LogP contribution >= 0.6 is 0 Å². The van der Waals surface area contributed by atoms with Gasteiger partial charge in [0.05, 0.1) is 23.3 Å². The Morgan fingerprint density at radius 1 is 1.03 bits per heavy atom. The number of aliphatic carboxylic acids is 1. The second-order valence-electron chi connectivity index (χ2n) is 7.59. The van der Waals surface area contributed by atoms with Crippen LogP contribution in [0.5, 0.6) is 0 Å². The van der Waals surface area contributed by atoms with Crippen LogP contribution in [0.3, 0.4) is 0 Å². The number of halogens is 1. The van der Waals surface area contributed by atoms with Gasteiger partial charge in [0, 0.05) is 24.3 Å². The van der Waals surface area contributed by atoms with Gasteiger partial charge in [-0.05, 0) is 48.0 Å². The molecule has 0 aliphatic rings. The van der Waals surface area contributed by atoms with E-state index in [2.05, 4.69) is 25.6 Å². The van der Waals surface area contributed by atoms with Crippen molar-refractivity contribution < 1.29 is 24.2 Å². The molecule has 2 aromatic carbocycles. The first-order chi connectivity index (χ1) is 17.5. The van der Waals surface area contributed by atoms with E-state index in [4.69, 9.17) is 10.2 Å². The van der Waals surface area contributed by atoms with Gasteiger partial charge in [-0.1, -0.05) is 23.4 Å². The number of nitrogens with zero attached hydrogens (tertiary/aromatic N) is 5. The zero-order valence-electron chi connectivity index (χ0n) is 19.1. The highest BCUT2D eigenvalue weighted by Crippen LogP contribution is 2.23. The number of benzene rings is 2. The Hall–Kier alpha value is -4.77. The van der Waals surface area contributed by atoms with Gasteiger partial charge < -0.3 is 15.5 Å². The van der Waals surface area contributed by atoms with Gasteiger partial charge in [0.15, 0.2) is 5.65 Å². The number of aromatic nitrogens is 5. The van der Waals surface area contributed by atoms with Crippen molar-refractivity contribution in [1.29, 1.82) is 0 Å². The number of rotatable bonds is 6. The molecule has 0 unspecified atom stereocenters. The van der Waals surface area contributed by atoms with Gasteiger partial charge in [0.1, 0.15) is 17.9 Å². The molecule has 0 aliphatic carbocycles. The Bertz CT molecular complexity index is 1570. The lowest BCUT2D eigenvalue weighted by molar-refractivity contribution is -0.135. The molecule has 5 rings (SSSR count). The average Bonchev–Trinajstić information content (AvgIpc) is 3.30. The Labute approximate surface area is 204 Å². The van der Waals surface area contributed by atoms with Crippen molar-refractivity contribution in [1.82, 2.24) is 30.3 Å². The molecule has 3 N–H and O–H groups in total. The van der Waals surface area contributed by atoms with E-state index in [1.54, 1.807) is 29.1 Å². The first kappa shape index (κ1) is 24.4. The van der Waals surface area contributed by atoms with E-state index in [0.29, 0.717) is 29.0 Å². The summed E-state index contributed by atoms with van der Waals surface area (Å²) < 4.78 is 16.3. The van der Waals surface area contributed by atoms with E-state index in [0.717, 1.165) is 23.6 Å². The van der Waals surface area contributed by atoms with Gasteiger partial charge in [-0.2, -0.15) is 0 Å². The molecule has 10 nitrogen and oxygen atoms in total. The highest BCUT2D eigenvalue weighted by atomic mass is 19.1. The number of hydrogen-bond donors (Lipinski definition) is 3. The highest BCUT2D eigenvalue weighted by Gasteiger charge is 2.15. The van der Waals surface area contributed by atoms with Crippen LogP contribution in [0.2, 0.25) is 0 Å². The van der Waals surface area contributed by atoms with Crippen molar-refractivity contribution in [2.75, 3.05) is 13.7 Å². The van der Waals surface area contributed by atoms with Crippen LogP contribution < -0.4 is 5.32 Å². The van der Waals surface area contributed by atoms with Gasteiger partial charge >= 0.3 is 5.97 Å². The molecule has 0 atom stereocenters. The third-order valence-corrected chi connectivity index (χ3v) is 5.27. The molecule has 0 spiro atoms. The molecular formula is C25H21FN6O4. The van der Waals surface area contributed by atoms with Crippen LogP contribution in [0.4, 0.5) is 4.39 Å². The fourth-order valence-electron chi connectivity index (χ4n) is 3.63. The van der Waals surface area contributed by atoms with Crippen molar-refractivity contribution in [3.8, 4) is 11.3 Å². The molecule has 0 saturated heterocycles. The number of hydrogen-bond acceptors (Lipinski definition) is 7. The normalized spacial score (nSPS) is 10.6. The minimum absolute atomic E-state index is 0.247. The molecule has 1 amide bonds. The van der Waals surface area contributed by atoms with Crippen LogP contribution in [0.25, 0.3) is 33.3 Å². The Morgan fingerprint density at radius 3 is 2.61 bits per heavy atom. The number of carboxylic acids is 1. The van der Waals surface area contributed by atoms with Gasteiger partial charge in [0.2, 0.25) is 0 Å². The number of carbonyl (C=O) groups excluding carboxylic acids is 1. The topological polar surface area (TPSA) is 143 Å². The quantitative estimate of drug-likeness (QED) is 0.331. The molecular weight excluding hydrogens is 467 g/mol. The molecule has 0 radical (unpaired) electrons. The largest absolute Gasteiger partial charge is 0.480 e. The maximum atomic E-state index is 14.6. The lowest BCUT2D eigenvalue weighted by atomic mass is 10.1. The maximum Gasteiger partial charge on any atom is 0.322 e. The molecule has 36 heavy (non-hydrogen) atoms. The number of aliphatic hydroxyl groups is 1. The molecule has 3 heterocycles. The zero-order valence-corrected chi connectivity index (χ0v) is 19.1. The first-order valence-corrected chi connectivity index (χ1v) is 10.8. The molecule has 11 heteroatoms. The van der Waals surface area contributed by atoms with Gasteiger partial charge in [0.25, 0.3) is 5.91 Å². The minimum atomic E-state index is -1.21. The first-order valence-electron chi connectivity index (χ1n) is 10.8. The molecule has 3 aromatic heterocycles. The van der Waals surface area contributed by atoms with Crippen LogP contribution in [0.15, 0.2) is 66.9 Å². The van der Waals surface area contributed by atoms with Crippen molar-refractivity contribution in [2.24, 2.45) is 0 Å². The number of carboxylic acid groups (broad SMARTS) is 1. The maximum absolute atomic E-state index is 14.6. The third kappa shape index (κ3) is 5.15. The zero-order chi connectivity index (χ0) is 25.7. The van der Waals surface area contributed by atoms with Crippen molar-refractivity contribution >= 4 is 33.9 Å². The van der Waals surface area contributed by atoms with Gasteiger partial charge in [-0.15, -0.1) is 5.10 Å². The summed E-state index contributed by atoms with van der Waals surface area (Å²) in [7, 11) is 1.00.